The molecule has 0 spiro atoms. The molecule has 0 N–H and O–H groups in total. The first-order valence-corrected chi connectivity index (χ1v) is 4.05. The maximum absolute atomic E-state index is 11.0. The molecule has 1 atom stereocenters. The average molecular weight is 156 g/mol. The van der Waals surface area contributed by atoms with Crippen LogP contribution in [0.2, 0.25) is 0 Å². The van der Waals surface area contributed by atoms with Crippen LogP contribution in [-0.2, 0) is 9.53 Å². The highest BCUT2D eigenvalue weighted by Gasteiger charge is 2.08. The van der Waals surface area contributed by atoms with Gasteiger partial charge in [0, 0.05) is 0 Å². The van der Waals surface area contributed by atoms with Crippen LogP contribution in [0.15, 0.2) is 12.2 Å². The number of esters is 1. The standard InChI is InChI=1S/C9H16O2/c1-4-6-7-8(3)9(10)11-5-2/h6-8H,4-5H2,1-3H3/b7-6+. The lowest BCUT2D eigenvalue weighted by atomic mass is 10.1. The summed E-state index contributed by atoms with van der Waals surface area (Å²) in [6, 6.07) is 0. The van der Waals surface area contributed by atoms with Crippen LogP contribution in [0.3, 0.4) is 0 Å². The van der Waals surface area contributed by atoms with Crippen molar-refractivity contribution in [3.05, 3.63) is 12.2 Å². The topological polar surface area (TPSA) is 26.3 Å². The Morgan fingerprint density at radius 2 is 2.18 bits per heavy atom. The third-order valence-electron chi connectivity index (χ3n) is 1.32. The minimum absolute atomic E-state index is 0.102. The van der Waals surface area contributed by atoms with Crippen molar-refractivity contribution in [3.8, 4) is 0 Å². The van der Waals surface area contributed by atoms with Gasteiger partial charge in [-0.2, -0.15) is 0 Å². The van der Waals surface area contributed by atoms with Crippen molar-refractivity contribution >= 4 is 5.97 Å². The van der Waals surface area contributed by atoms with Crippen molar-refractivity contribution in [1.29, 1.82) is 0 Å². The molecule has 0 fully saturated rings. The molecule has 11 heavy (non-hydrogen) atoms. The van der Waals surface area contributed by atoms with Crippen molar-refractivity contribution in [3.63, 3.8) is 0 Å². The van der Waals surface area contributed by atoms with Gasteiger partial charge in [-0.15, -0.1) is 0 Å². The smallest absolute Gasteiger partial charge is 0.312 e. The molecule has 0 saturated carbocycles. The Balaban J connectivity index is 3.72. The van der Waals surface area contributed by atoms with Crippen LogP contribution in [0.1, 0.15) is 27.2 Å². The molecule has 0 saturated heterocycles. The SMILES string of the molecule is CC/C=C/C(C)C(=O)OCC. The summed E-state index contributed by atoms with van der Waals surface area (Å²) >= 11 is 0. The van der Waals surface area contributed by atoms with E-state index in [1.54, 1.807) is 0 Å². The number of carbonyl (C=O) groups is 1. The van der Waals surface area contributed by atoms with E-state index in [9.17, 15) is 4.79 Å². The van der Waals surface area contributed by atoms with Crippen LogP contribution in [0, 0.1) is 5.92 Å². The molecule has 1 unspecified atom stereocenters. The first-order valence-electron chi connectivity index (χ1n) is 4.05. The number of hydrogen-bond donors (Lipinski definition) is 0. The van der Waals surface area contributed by atoms with Crippen LogP contribution in [-0.4, -0.2) is 12.6 Å². The second kappa shape index (κ2) is 5.96. The molecule has 0 rings (SSSR count). The maximum atomic E-state index is 11.0. The summed E-state index contributed by atoms with van der Waals surface area (Å²) in [5.74, 6) is -0.243. The summed E-state index contributed by atoms with van der Waals surface area (Å²) in [4.78, 5) is 11.0. The van der Waals surface area contributed by atoms with Crippen molar-refractivity contribution in [2.24, 2.45) is 5.92 Å². The lowest BCUT2D eigenvalue weighted by Crippen LogP contribution is -2.12. The summed E-state index contributed by atoms with van der Waals surface area (Å²) in [5.41, 5.74) is 0. The van der Waals surface area contributed by atoms with Crippen LogP contribution in [0.25, 0.3) is 0 Å². The predicted octanol–water partition coefficient (Wildman–Crippen LogP) is 2.15. The molecular weight excluding hydrogens is 140 g/mol. The summed E-state index contributed by atoms with van der Waals surface area (Å²) in [6.07, 6.45) is 4.81. The Hall–Kier alpha value is -0.790. The fourth-order valence-corrected chi connectivity index (χ4v) is 0.692. The fraction of sp³-hybridized carbons (Fsp3) is 0.667. The summed E-state index contributed by atoms with van der Waals surface area (Å²) in [6.45, 7) is 6.15. The van der Waals surface area contributed by atoms with E-state index in [2.05, 4.69) is 0 Å². The van der Waals surface area contributed by atoms with Gasteiger partial charge in [-0.3, -0.25) is 4.79 Å². The fourth-order valence-electron chi connectivity index (χ4n) is 0.692. The Kier molecular flexibility index (Phi) is 5.53. The molecule has 0 aliphatic rings. The highest BCUT2D eigenvalue weighted by Crippen LogP contribution is 2.00. The van der Waals surface area contributed by atoms with Gasteiger partial charge < -0.3 is 4.74 Å². The van der Waals surface area contributed by atoms with Gasteiger partial charge in [0.05, 0.1) is 12.5 Å². The largest absolute Gasteiger partial charge is 0.466 e. The van der Waals surface area contributed by atoms with E-state index < -0.39 is 0 Å². The third kappa shape index (κ3) is 4.59. The maximum Gasteiger partial charge on any atom is 0.312 e. The first-order chi connectivity index (χ1) is 5.22. The van der Waals surface area contributed by atoms with E-state index in [0.29, 0.717) is 6.61 Å². The van der Waals surface area contributed by atoms with E-state index in [-0.39, 0.29) is 11.9 Å². The second-order valence-electron chi connectivity index (χ2n) is 2.38. The lowest BCUT2D eigenvalue weighted by molar-refractivity contribution is -0.145. The Morgan fingerprint density at radius 3 is 2.64 bits per heavy atom. The zero-order chi connectivity index (χ0) is 8.69. The number of hydrogen-bond acceptors (Lipinski definition) is 2. The number of rotatable bonds is 4. The number of ether oxygens (including phenoxy) is 1. The summed E-state index contributed by atoms with van der Waals surface area (Å²) in [5, 5.41) is 0. The molecule has 0 aromatic heterocycles. The molecule has 0 aromatic rings. The van der Waals surface area contributed by atoms with E-state index >= 15 is 0 Å². The molecule has 0 aliphatic carbocycles. The average Bonchev–Trinajstić information content (AvgIpc) is 2.00. The number of allylic oxidation sites excluding steroid dienone is 1. The highest BCUT2D eigenvalue weighted by atomic mass is 16.5. The Bertz CT molecular complexity index is 138. The van der Waals surface area contributed by atoms with Crippen molar-refractivity contribution < 1.29 is 9.53 Å². The van der Waals surface area contributed by atoms with Crippen LogP contribution in [0.5, 0.6) is 0 Å². The number of carbonyl (C=O) groups excluding carboxylic acids is 1. The molecule has 64 valence electrons. The second-order valence-corrected chi connectivity index (χ2v) is 2.38. The van der Waals surface area contributed by atoms with E-state index in [1.165, 1.54) is 0 Å². The van der Waals surface area contributed by atoms with Gasteiger partial charge in [0.25, 0.3) is 0 Å². The summed E-state index contributed by atoms with van der Waals surface area (Å²) < 4.78 is 4.81. The molecule has 0 bridgehead atoms. The lowest BCUT2D eigenvalue weighted by Gasteiger charge is -2.04. The molecule has 2 heteroatoms. The van der Waals surface area contributed by atoms with E-state index in [4.69, 9.17) is 4.74 Å². The van der Waals surface area contributed by atoms with Gasteiger partial charge in [-0.1, -0.05) is 19.1 Å². The monoisotopic (exact) mass is 156 g/mol. The van der Waals surface area contributed by atoms with Crippen molar-refractivity contribution in [2.75, 3.05) is 6.61 Å². The molecule has 0 radical (unpaired) electrons. The van der Waals surface area contributed by atoms with Gasteiger partial charge in [-0.05, 0) is 20.3 Å². The predicted molar refractivity (Wildman–Crippen MR) is 45.2 cm³/mol. The van der Waals surface area contributed by atoms with Crippen molar-refractivity contribution in [1.82, 2.24) is 0 Å². The van der Waals surface area contributed by atoms with Gasteiger partial charge >= 0.3 is 5.97 Å². The minimum Gasteiger partial charge on any atom is -0.466 e. The van der Waals surface area contributed by atoms with Gasteiger partial charge in [-0.25, -0.2) is 0 Å². The molecule has 0 aliphatic heterocycles. The van der Waals surface area contributed by atoms with Crippen molar-refractivity contribution in [2.45, 2.75) is 27.2 Å². The Morgan fingerprint density at radius 1 is 1.55 bits per heavy atom. The van der Waals surface area contributed by atoms with Crippen LogP contribution < -0.4 is 0 Å². The Labute approximate surface area is 68.2 Å². The zero-order valence-electron chi connectivity index (χ0n) is 7.46. The molecule has 0 heterocycles. The molecule has 2 nitrogen and oxygen atoms in total. The summed E-state index contributed by atoms with van der Waals surface area (Å²) in [7, 11) is 0. The zero-order valence-corrected chi connectivity index (χ0v) is 7.46. The highest BCUT2D eigenvalue weighted by molar-refractivity contribution is 5.73. The third-order valence-corrected chi connectivity index (χ3v) is 1.32. The van der Waals surface area contributed by atoms with E-state index in [1.807, 2.05) is 32.9 Å². The van der Waals surface area contributed by atoms with Gasteiger partial charge in [0.2, 0.25) is 0 Å². The molecule has 0 amide bonds. The van der Waals surface area contributed by atoms with Gasteiger partial charge in [0.15, 0.2) is 0 Å². The normalized spacial score (nSPS) is 13.4. The van der Waals surface area contributed by atoms with Gasteiger partial charge in [0.1, 0.15) is 0 Å². The first kappa shape index (κ1) is 10.2. The quantitative estimate of drug-likeness (QED) is 0.460. The van der Waals surface area contributed by atoms with Crippen LogP contribution >= 0.6 is 0 Å². The van der Waals surface area contributed by atoms with Crippen LogP contribution in [0.4, 0.5) is 0 Å². The molecular formula is C9H16O2. The minimum atomic E-state index is -0.141. The van der Waals surface area contributed by atoms with E-state index in [0.717, 1.165) is 6.42 Å². The molecule has 0 aromatic carbocycles.